The highest BCUT2D eigenvalue weighted by molar-refractivity contribution is 5.90. The predicted octanol–water partition coefficient (Wildman–Crippen LogP) is 7.78. The molecule has 10 rings (SSSR count). The molecule has 5 aliphatic rings. The van der Waals surface area contributed by atoms with Crippen LogP contribution in [0.1, 0.15) is 57.7 Å². The maximum Gasteiger partial charge on any atom is 0.509 e. The van der Waals surface area contributed by atoms with E-state index >= 15 is 0 Å². The van der Waals surface area contributed by atoms with E-state index in [2.05, 4.69) is 21.9 Å². The van der Waals surface area contributed by atoms with Crippen LogP contribution in [-0.4, -0.2) is 187 Å². The van der Waals surface area contributed by atoms with Crippen molar-refractivity contribution in [2.24, 2.45) is 11.0 Å². The average Bonchev–Trinajstić information content (AvgIpc) is 1.74. The highest BCUT2D eigenvalue weighted by Gasteiger charge is 2.62. The molecule has 28 heteroatoms. The second-order valence-electron chi connectivity index (χ2n) is 22.9. The highest BCUT2D eigenvalue weighted by atomic mass is 16.8. The van der Waals surface area contributed by atoms with Crippen molar-refractivity contribution in [2.45, 2.75) is 157 Å². The highest BCUT2D eigenvalue weighted by Crippen LogP contribution is 2.42. The van der Waals surface area contributed by atoms with E-state index in [-0.39, 0.29) is 44.0 Å². The molecule has 5 aromatic rings. The van der Waals surface area contributed by atoms with Gasteiger partial charge in [-0.15, -0.1) is 0 Å². The molecule has 5 fully saturated rings. The van der Waals surface area contributed by atoms with Crippen molar-refractivity contribution in [1.29, 1.82) is 0 Å². The normalized spacial score (nSPS) is 30.5. The molecule has 1 N–H and O–H groups in total. The number of benzene rings is 5. The van der Waals surface area contributed by atoms with Gasteiger partial charge in [0.2, 0.25) is 0 Å². The van der Waals surface area contributed by atoms with Gasteiger partial charge < -0.3 is 90.6 Å². The first-order valence-electron chi connectivity index (χ1n) is 31.4. The molecular formula is C69H76N4O24. The fourth-order valence-corrected chi connectivity index (χ4v) is 12.0. The van der Waals surface area contributed by atoms with Crippen LogP contribution >= 0.6 is 0 Å². The van der Waals surface area contributed by atoms with E-state index in [1.54, 1.807) is 117 Å². The molecule has 97 heavy (non-hydrogen) atoms. The Bertz CT molecular complexity index is 3450. The maximum absolute atomic E-state index is 14.8. The van der Waals surface area contributed by atoms with E-state index in [0.29, 0.717) is 11.1 Å². The second kappa shape index (κ2) is 34.4. The van der Waals surface area contributed by atoms with E-state index < -0.39 is 165 Å². The smallest absolute Gasteiger partial charge is 0.467 e. The van der Waals surface area contributed by atoms with Crippen LogP contribution in [0.5, 0.6) is 0 Å². The van der Waals surface area contributed by atoms with Crippen LogP contribution in [0.15, 0.2) is 169 Å². The number of hydrogen-bond donors (Lipinski definition) is 1. The fraction of sp³-hybridized carbons (Fsp3) is 0.449. The Balaban J connectivity index is 1.03. The maximum atomic E-state index is 14.8. The number of fused-ring (bicyclic) bond motifs is 1. The van der Waals surface area contributed by atoms with Crippen LogP contribution in [0.3, 0.4) is 0 Å². The van der Waals surface area contributed by atoms with Gasteiger partial charge in [0.15, 0.2) is 55.7 Å². The lowest BCUT2D eigenvalue weighted by molar-refractivity contribution is -0.370. The van der Waals surface area contributed by atoms with Gasteiger partial charge >= 0.3 is 36.1 Å². The molecule has 8 unspecified atom stereocenters. The SMILES string of the molecule is C=CCOC(=O)OC1[C@H](O[C@@H]2C(CC)O[C@@H](O[C@H]3C(C(=O)OC)O[C@@H](O[C@@H]4C(COC(=O)c5ccccc5)O[C@H](OC)C(N=[N+]=[N-])[C@@H]4OCc4ccccc4)C(OC(=O)c4ccccc4)[C@@H]3OCc3ccccc3)[C@H]3NC(=O)OC23)OC(C(=O)OC)[C@@H](C)[C@H]1OCc1ccccc1. The Labute approximate surface area is 558 Å². The predicted molar refractivity (Wildman–Crippen MR) is 334 cm³/mol. The Morgan fingerprint density at radius 3 is 1.60 bits per heavy atom. The van der Waals surface area contributed by atoms with Gasteiger partial charge in [-0.1, -0.05) is 159 Å². The summed E-state index contributed by atoms with van der Waals surface area (Å²) in [4.78, 5) is 87.3. The van der Waals surface area contributed by atoms with Crippen LogP contribution in [-0.2, 0) is 115 Å². The molecule has 0 saturated carbocycles. The summed E-state index contributed by atoms with van der Waals surface area (Å²) in [5, 5.41) is 6.81. The third kappa shape index (κ3) is 17.5. The summed E-state index contributed by atoms with van der Waals surface area (Å²) in [7, 11) is 3.58. The quantitative estimate of drug-likeness (QED) is 0.0125. The summed E-state index contributed by atoms with van der Waals surface area (Å²) >= 11 is 0. The summed E-state index contributed by atoms with van der Waals surface area (Å²) < 4.78 is 113. The zero-order valence-corrected chi connectivity index (χ0v) is 53.6. The van der Waals surface area contributed by atoms with Gasteiger partial charge in [0.05, 0.1) is 51.3 Å². The van der Waals surface area contributed by atoms with Crippen molar-refractivity contribution in [1.82, 2.24) is 5.32 Å². The van der Waals surface area contributed by atoms with Gasteiger partial charge in [0.25, 0.3) is 0 Å². The lowest BCUT2D eigenvalue weighted by Crippen LogP contribution is -2.69. The van der Waals surface area contributed by atoms with Crippen molar-refractivity contribution < 1.29 is 114 Å². The van der Waals surface area contributed by atoms with E-state index in [0.717, 1.165) is 12.7 Å². The molecule has 5 aromatic carbocycles. The summed E-state index contributed by atoms with van der Waals surface area (Å²) in [5.74, 6) is -4.41. The molecule has 516 valence electrons. The van der Waals surface area contributed by atoms with Crippen LogP contribution < -0.4 is 5.32 Å². The summed E-state index contributed by atoms with van der Waals surface area (Å²) in [6.07, 6.45) is -26.5. The standard InChI is InChI=1S/C69H76N4O24/c1-7-34-83-69(79)97-58-49(84-35-40-24-14-9-15-25-40)39(3)50(62(76)80-4)91-66(58)92-51-45(8-2)88-65(47-54(51)96-68(78)71-47)94-56-55(86-37-42-28-18-11-19-29-42)59(90-61(75)44-32-22-13-23-33-44)67(95-57(56)63(77)81-5)93-52-46(38-87-60(74)43-30-20-12-21-31-43)89-64(82-6)48(72-73-70)53(52)85-36-41-26-16-10-17-27-41/h7,9-33,39,45-59,64-67H,1,8,34-38H2,2-6H3,(H,71,78)/t39-,45?,46?,47-,48?,49+,50?,51+,52+,53-,54?,55+,56+,57?,58?,59?,64-,65-,66-,67+/m0/s1. The first-order valence-corrected chi connectivity index (χ1v) is 31.4. The van der Waals surface area contributed by atoms with Crippen LogP contribution in [0.25, 0.3) is 10.4 Å². The molecule has 0 aromatic heterocycles. The molecule has 0 radical (unpaired) electrons. The zero-order valence-electron chi connectivity index (χ0n) is 53.6. The number of carbonyl (C=O) groups excluding carboxylic acids is 6. The minimum absolute atomic E-state index is 0.0156. The molecule has 20 atom stereocenters. The molecule has 5 saturated heterocycles. The largest absolute Gasteiger partial charge is 0.509 e. The Hall–Kier alpha value is -8.87. The lowest BCUT2D eigenvalue weighted by Gasteiger charge is -2.50. The van der Waals surface area contributed by atoms with Gasteiger partial charge in [-0.2, -0.15) is 0 Å². The molecule has 0 spiro atoms. The van der Waals surface area contributed by atoms with E-state index in [1.165, 1.54) is 32.4 Å². The molecule has 5 heterocycles. The Morgan fingerprint density at radius 2 is 1.05 bits per heavy atom. The third-order valence-electron chi connectivity index (χ3n) is 16.8. The summed E-state index contributed by atoms with van der Waals surface area (Å²) in [6.45, 7) is 5.83. The second-order valence-corrected chi connectivity index (χ2v) is 22.9. The van der Waals surface area contributed by atoms with Gasteiger partial charge in [-0.25, -0.2) is 28.8 Å². The van der Waals surface area contributed by atoms with Gasteiger partial charge in [0, 0.05) is 17.9 Å². The monoisotopic (exact) mass is 1340 g/mol. The number of hydrogen-bond acceptors (Lipinski definition) is 25. The summed E-state index contributed by atoms with van der Waals surface area (Å²) in [5.41, 5.74) is 12.4. The van der Waals surface area contributed by atoms with Gasteiger partial charge in [0.1, 0.15) is 68.0 Å². The number of ether oxygens (including phenoxy) is 18. The fourth-order valence-electron chi connectivity index (χ4n) is 12.0. The van der Waals surface area contributed by atoms with Crippen LogP contribution in [0, 0.1) is 5.92 Å². The number of azide groups is 1. The van der Waals surface area contributed by atoms with E-state index in [9.17, 15) is 34.3 Å². The first-order chi connectivity index (χ1) is 47.2. The summed E-state index contributed by atoms with van der Waals surface area (Å²) in [6, 6.07) is 40.3. The van der Waals surface area contributed by atoms with Crippen LogP contribution in [0.4, 0.5) is 9.59 Å². The molecule has 0 aliphatic carbocycles. The number of esters is 4. The number of nitrogens with zero attached hydrogens (tertiary/aromatic N) is 3. The number of amides is 1. The van der Waals surface area contributed by atoms with Gasteiger partial charge in [-0.05, 0) is 52.9 Å². The van der Waals surface area contributed by atoms with Crippen molar-refractivity contribution in [3.8, 4) is 0 Å². The number of nitrogens with one attached hydrogen (secondary N) is 1. The third-order valence-corrected chi connectivity index (χ3v) is 16.8. The van der Waals surface area contributed by atoms with Crippen molar-refractivity contribution in [3.63, 3.8) is 0 Å². The number of alkyl carbamates (subject to hydrolysis) is 1. The van der Waals surface area contributed by atoms with E-state index in [1.807, 2.05) is 36.4 Å². The molecule has 5 aliphatic heterocycles. The zero-order chi connectivity index (χ0) is 68.4. The minimum atomic E-state index is -1.93. The molecule has 28 nitrogen and oxygen atoms in total. The average molecular weight is 1350 g/mol. The van der Waals surface area contributed by atoms with Crippen molar-refractivity contribution in [2.75, 3.05) is 34.5 Å². The van der Waals surface area contributed by atoms with Crippen LogP contribution in [0.2, 0.25) is 0 Å². The topological polar surface area (TPSA) is 329 Å². The first kappa shape index (κ1) is 70.9. The van der Waals surface area contributed by atoms with Gasteiger partial charge in [-0.3, -0.25) is 0 Å². The Morgan fingerprint density at radius 1 is 0.557 bits per heavy atom. The Kier molecular flexibility index (Phi) is 25.1. The van der Waals surface area contributed by atoms with Crippen molar-refractivity contribution >= 4 is 36.1 Å². The number of methoxy groups -OCH3 is 3. The molecule has 1 amide bonds. The number of rotatable bonds is 28. The molecule has 0 bridgehead atoms. The molecular weight excluding hydrogens is 1270 g/mol. The van der Waals surface area contributed by atoms with E-state index in [4.69, 9.17) is 85.3 Å². The lowest BCUT2D eigenvalue weighted by atomic mass is 9.89. The number of carbonyl (C=O) groups is 6. The van der Waals surface area contributed by atoms with Crippen molar-refractivity contribution in [3.05, 3.63) is 203 Å². The minimum Gasteiger partial charge on any atom is -0.467 e.